The van der Waals surface area contributed by atoms with Gasteiger partial charge < -0.3 is 0 Å². The molecule has 0 fully saturated rings. The summed E-state index contributed by atoms with van der Waals surface area (Å²) in [6, 6.07) is 40.1. The normalized spacial score (nSPS) is 14.6. The Bertz CT molecular complexity index is 2170. The first-order valence-electron chi connectivity index (χ1n) is 16.4. The van der Waals surface area contributed by atoms with Crippen LogP contribution >= 0.6 is 24.4 Å². The van der Waals surface area contributed by atoms with Crippen molar-refractivity contribution in [3.8, 4) is 11.1 Å². The lowest BCUT2D eigenvalue weighted by atomic mass is 9.84. The molecular formula is C43H37NS2. The van der Waals surface area contributed by atoms with Crippen LogP contribution in [0.15, 0.2) is 114 Å². The smallest absolute Gasteiger partial charge is 0.0250 e. The first kappa shape index (κ1) is 29.4. The number of thioether (sulfide) groups is 1. The molecule has 0 N–H and O–H groups in total. The number of thiol groups is 1. The fourth-order valence-electron chi connectivity index (χ4n) is 7.23. The van der Waals surface area contributed by atoms with E-state index in [1.165, 1.54) is 83.8 Å². The third-order valence-corrected chi connectivity index (χ3v) is 11.1. The van der Waals surface area contributed by atoms with Crippen LogP contribution in [-0.4, -0.2) is 11.4 Å². The molecule has 0 bridgehead atoms. The molecule has 6 aromatic carbocycles. The van der Waals surface area contributed by atoms with Crippen molar-refractivity contribution in [2.45, 2.75) is 43.5 Å². The van der Waals surface area contributed by atoms with Crippen LogP contribution in [0.2, 0.25) is 0 Å². The minimum absolute atomic E-state index is 0.917. The summed E-state index contributed by atoms with van der Waals surface area (Å²) in [5, 5.41) is 5.26. The third kappa shape index (κ3) is 5.41. The second-order valence-corrected chi connectivity index (χ2v) is 14.0. The molecule has 0 spiro atoms. The second-order valence-electron chi connectivity index (χ2n) is 12.5. The quantitative estimate of drug-likeness (QED) is 0.144. The lowest BCUT2D eigenvalue weighted by molar-refractivity contribution is 0.255. The molecule has 2 heterocycles. The summed E-state index contributed by atoms with van der Waals surface area (Å²) in [6.07, 6.45) is 9.37. The molecular weight excluding hydrogens is 595 g/mol. The molecule has 3 heteroatoms. The SMILES string of the molecule is CCCCN1Cc2c(/C=C/c3ccccc3S)cc3ccccc3c2-c2c(c(C3=Cc4ccccc4CS3)cc3ccccc23)C1. The average molecular weight is 632 g/mol. The fraction of sp³-hybridized carbons (Fsp3) is 0.163. The van der Waals surface area contributed by atoms with Crippen molar-refractivity contribution in [3.05, 3.63) is 148 Å². The van der Waals surface area contributed by atoms with Crippen LogP contribution in [0.3, 0.4) is 0 Å². The maximum Gasteiger partial charge on any atom is 0.0250 e. The molecule has 2 aliphatic rings. The summed E-state index contributed by atoms with van der Waals surface area (Å²) >= 11 is 6.75. The van der Waals surface area contributed by atoms with Gasteiger partial charge in [-0.15, -0.1) is 24.4 Å². The van der Waals surface area contributed by atoms with Gasteiger partial charge in [-0.3, -0.25) is 4.90 Å². The van der Waals surface area contributed by atoms with E-state index in [0.717, 1.165) is 35.8 Å². The number of rotatable bonds is 6. The number of hydrogen-bond donors (Lipinski definition) is 1. The van der Waals surface area contributed by atoms with Gasteiger partial charge in [-0.25, -0.2) is 0 Å². The Morgan fingerprint density at radius 3 is 2.17 bits per heavy atom. The van der Waals surface area contributed by atoms with E-state index in [-0.39, 0.29) is 0 Å². The van der Waals surface area contributed by atoms with Crippen LogP contribution in [0.1, 0.15) is 58.7 Å². The molecule has 226 valence electrons. The van der Waals surface area contributed by atoms with Crippen LogP contribution in [-0.2, 0) is 18.8 Å². The molecule has 8 rings (SSSR count). The van der Waals surface area contributed by atoms with Gasteiger partial charge in [0.2, 0.25) is 0 Å². The largest absolute Gasteiger partial charge is 0.295 e. The van der Waals surface area contributed by atoms with E-state index in [1.54, 1.807) is 0 Å². The minimum Gasteiger partial charge on any atom is -0.295 e. The first-order chi connectivity index (χ1) is 22.7. The van der Waals surface area contributed by atoms with Gasteiger partial charge in [-0.1, -0.05) is 116 Å². The van der Waals surface area contributed by atoms with E-state index in [2.05, 4.69) is 133 Å². The highest BCUT2D eigenvalue weighted by Crippen LogP contribution is 2.49. The Morgan fingerprint density at radius 1 is 0.717 bits per heavy atom. The van der Waals surface area contributed by atoms with Crippen LogP contribution in [0.5, 0.6) is 0 Å². The van der Waals surface area contributed by atoms with E-state index >= 15 is 0 Å². The lowest BCUT2D eigenvalue weighted by Gasteiger charge is -2.25. The minimum atomic E-state index is 0.917. The summed E-state index contributed by atoms with van der Waals surface area (Å²) in [6.45, 7) is 5.22. The van der Waals surface area contributed by atoms with Crippen LogP contribution in [0.4, 0.5) is 0 Å². The number of nitrogens with zero attached hydrogens (tertiary/aromatic N) is 1. The summed E-state index contributed by atoms with van der Waals surface area (Å²) < 4.78 is 0. The number of fused-ring (bicyclic) bond motifs is 8. The molecule has 0 aromatic heterocycles. The van der Waals surface area contributed by atoms with Gasteiger partial charge in [-0.05, 0) is 109 Å². The van der Waals surface area contributed by atoms with Crippen molar-refractivity contribution >= 4 is 69.1 Å². The highest BCUT2D eigenvalue weighted by atomic mass is 32.2. The monoisotopic (exact) mass is 631 g/mol. The Hall–Kier alpha value is -4.02. The summed E-state index contributed by atoms with van der Waals surface area (Å²) in [4.78, 5) is 5.08. The van der Waals surface area contributed by atoms with E-state index in [1.807, 2.05) is 17.8 Å². The van der Waals surface area contributed by atoms with Crippen molar-refractivity contribution in [3.63, 3.8) is 0 Å². The highest BCUT2D eigenvalue weighted by molar-refractivity contribution is 8.07. The zero-order valence-corrected chi connectivity index (χ0v) is 27.9. The molecule has 0 unspecified atom stereocenters. The van der Waals surface area contributed by atoms with Crippen molar-refractivity contribution in [1.82, 2.24) is 4.90 Å². The molecule has 6 aromatic rings. The average Bonchev–Trinajstić information content (AvgIpc) is 3.27. The summed E-state index contributed by atoms with van der Waals surface area (Å²) in [7, 11) is 0. The molecule has 0 atom stereocenters. The van der Waals surface area contributed by atoms with E-state index in [9.17, 15) is 0 Å². The van der Waals surface area contributed by atoms with E-state index in [4.69, 9.17) is 12.6 Å². The molecule has 0 saturated heterocycles. The van der Waals surface area contributed by atoms with Gasteiger partial charge in [0, 0.05) is 28.6 Å². The summed E-state index contributed by atoms with van der Waals surface area (Å²) in [5.41, 5.74) is 12.2. The van der Waals surface area contributed by atoms with Crippen LogP contribution < -0.4 is 0 Å². The zero-order chi connectivity index (χ0) is 31.0. The topological polar surface area (TPSA) is 3.24 Å². The molecule has 2 aliphatic heterocycles. The second kappa shape index (κ2) is 12.6. The maximum absolute atomic E-state index is 4.76. The molecule has 46 heavy (non-hydrogen) atoms. The lowest BCUT2D eigenvalue weighted by Crippen LogP contribution is -2.24. The third-order valence-electron chi connectivity index (χ3n) is 9.56. The Balaban J connectivity index is 1.45. The number of hydrogen-bond acceptors (Lipinski definition) is 3. The van der Waals surface area contributed by atoms with Crippen molar-refractivity contribution in [2.24, 2.45) is 0 Å². The molecule has 0 radical (unpaired) electrons. The van der Waals surface area contributed by atoms with Gasteiger partial charge in [-0.2, -0.15) is 0 Å². The van der Waals surface area contributed by atoms with Crippen molar-refractivity contribution < 1.29 is 0 Å². The molecule has 0 saturated carbocycles. The van der Waals surface area contributed by atoms with Crippen molar-refractivity contribution in [2.75, 3.05) is 6.54 Å². The molecule has 1 nitrogen and oxygen atoms in total. The maximum atomic E-state index is 4.76. The fourth-order valence-corrected chi connectivity index (χ4v) is 8.59. The number of unbranched alkanes of at least 4 members (excludes halogenated alkanes) is 1. The van der Waals surface area contributed by atoms with Gasteiger partial charge >= 0.3 is 0 Å². The van der Waals surface area contributed by atoms with Gasteiger partial charge in [0.05, 0.1) is 0 Å². The Labute approximate surface area is 282 Å². The van der Waals surface area contributed by atoms with Gasteiger partial charge in [0.15, 0.2) is 0 Å². The molecule has 0 amide bonds. The predicted octanol–water partition coefficient (Wildman–Crippen LogP) is 12.0. The van der Waals surface area contributed by atoms with Crippen LogP contribution in [0, 0.1) is 0 Å². The molecule has 0 aliphatic carbocycles. The van der Waals surface area contributed by atoms with E-state index < -0.39 is 0 Å². The summed E-state index contributed by atoms with van der Waals surface area (Å²) in [5.74, 6) is 1.00. The van der Waals surface area contributed by atoms with Crippen molar-refractivity contribution in [1.29, 1.82) is 0 Å². The van der Waals surface area contributed by atoms with E-state index in [0.29, 0.717) is 0 Å². The Kier molecular flexibility index (Phi) is 8.08. The highest BCUT2D eigenvalue weighted by Gasteiger charge is 2.28. The van der Waals surface area contributed by atoms with Crippen LogP contribution in [0.25, 0.3) is 55.8 Å². The Morgan fingerprint density at radius 2 is 1.37 bits per heavy atom. The zero-order valence-electron chi connectivity index (χ0n) is 26.2. The number of benzene rings is 6. The predicted molar refractivity (Wildman–Crippen MR) is 204 cm³/mol. The van der Waals surface area contributed by atoms with Gasteiger partial charge in [0.25, 0.3) is 0 Å². The standard InChI is InChI=1S/C43H37NS2/c1-2-3-22-44-26-38-33(21-20-29-12-8-11-19-40(29)45)23-31-14-6-9-17-35(31)42(38)43-36-18-10-7-15-32(36)24-37(39(43)27-44)41-25-30-13-4-5-16-34(30)28-46-41/h4-21,23-25,45H,2-3,22,26-28H2,1H3/b21-20+. The van der Waals surface area contributed by atoms with Gasteiger partial charge in [0.1, 0.15) is 0 Å². The first-order valence-corrected chi connectivity index (χ1v) is 17.8.